The van der Waals surface area contributed by atoms with Crippen LogP contribution >= 0.6 is 0 Å². The summed E-state index contributed by atoms with van der Waals surface area (Å²) in [5, 5.41) is 196. The first-order chi connectivity index (χ1) is 56.9. The predicted molar refractivity (Wildman–Crippen MR) is 401 cm³/mol. The number of hydrogen-bond acceptors (Lipinski definition) is 44. The molecule has 0 unspecified atom stereocenters. The molecule has 7 N–H and O–H groups in total. The molecule has 52 heteroatoms. The van der Waals surface area contributed by atoms with E-state index in [2.05, 4.69) is 41.2 Å². The van der Waals surface area contributed by atoms with E-state index in [1.54, 1.807) is 85.0 Å². The first-order valence-electron chi connectivity index (χ1n) is 33.7. The van der Waals surface area contributed by atoms with Crippen LogP contribution in [0.25, 0.3) is 0 Å². The maximum atomic E-state index is 12.6. The summed E-state index contributed by atoms with van der Waals surface area (Å²) in [5.41, 5.74) is 1.30. The largest absolute Gasteiger partial charge is 3.00 e. The number of para-hydroxylation sites is 4. The second-order valence-corrected chi connectivity index (χ2v) is 21.2. The van der Waals surface area contributed by atoms with E-state index in [1.807, 2.05) is 0 Å². The van der Waals surface area contributed by atoms with Crippen molar-refractivity contribution in [2.75, 3.05) is 79.3 Å². The molecule has 0 fully saturated rings. The van der Waals surface area contributed by atoms with E-state index in [1.165, 1.54) is 61.3 Å². The standard InChI is InChI=1S/2C30H30N4O10.8C2H4O2.2La.2H2O.4Zn/c2*35-27-21-5-3-7-25(27)39-11-1-2-12-40-26-8-4-6-22(28(26)36)18-32-42-14-16-44-34-20-24-10-9-23(29(37)30(24)38)19-33-43-15-13-41-31-17-21;8*1-2(3)4;;;;;;;;/h2*1-10,17-20,35-38H,11-16H2;8*1H3,(H,3,4);;;2*1H2;;;;/q;;;;;;;;;;2*+3;;;4*+2/p-13/b2*2-1+,31-17+,32-18+,33-19+,34-20+;;;;;;;;;;;;;;;;. The van der Waals surface area contributed by atoms with Gasteiger partial charge in [-0.05, 0) is 149 Å². The first kappa shape index (κ1) is 137. The summed E-state index contributed by atoms with van der Waals surface area (Å²) in [6, 6.07) is 24.8. The third kappa shape index (κ3) is 74.9. The van der Waals surface area contributed by atoms with Gasteiger partial charge in [0.15, 0.2) is 75.9 Å². The quantitative estimate of drug-likeness (QED) is 0.0810. The molecule has 12 bridgehead atoms. The fourth-order valence-electron chi connectivity index (χ4n) is 6.90. The number of phenolic OH excluding ortho intramolecular Hbond substituents is 2. The second-order valence-electron chi connectivity index (χ2n) is 21.2. The Morgan fingerprint density at radius 1 is 0.258 bits per heavy atom. The normalized spacial score (nSPS) is 14.2. The number of carboxylic acids is 8. The Morgan fingerprint density at radius 3 is 0.578 bits per heavy atom. The zero-order valence-electron chi connectivity index (χ0n) is 70.1. The molecule has 6 aromatic rings. The van der Waals surface area contributed by atoms with Crippen molar-refractivity contribution in [1.82, 2.24) is 0 Å². The topological polar surface area (TPSA) is 774 Å². The van der Waals surface area contributed by atoms with E-state index in [-0.39, 0.29) is 319 Å². The van der Waals surface area contributed by atoms with E-state index >= 15 is 0 Å². The molecule has 128 heavy (non-hydrogen) atoms. The minimum absolute atomic E-state index is 0. The predicted octanol–water partition coefficient (Wildman–Crippen LogP) is -8.22. The second kappa shape index (κ2) is 86.5. The van der Waals surface area contributed by atoms with Gasteiger partial charge in [-0.2, -0.15) is 0 Å². The van der Waals surface area contributed by atoms with Crippen LogP contribution in [0.4, 0.5) is 0 Å². The fraction of sp³-hybridized carbons (Fsp3) is 0.263. The Balaban J connectivity index is -0.000000194. The van der Waals surface area contributed by atoms with Crippen LogP contribution in [0.1, 0.15) is 99.9 Å². The zero-order chi connectivity index (χ0) is 90.6. The molecular weight excluding hydrogens is 2170 g/mol. The molecule has 668 valence electrons. The van der Waals surface area contributed by atoms with Gasteiger partial charge in [0.05, 0.1) is 49.7 Å². The molecule has 6 aromatic carbocycles. The average molecular weight is 2260 g/mol. The Hall–Kier alpha value is -11.3. The molecule has 4 aliphatic heterocycles. The molecule has 0 radical (unpaired) electrons. The fourth-order valence-corrected chi connectivity index (χ4v) is 6.90. The number of rotatable bonds is 0. The maximum absolute atomic E-state index is 12.6. The zero-order valence-corrected chi connectivity index (χ0v) is 89.2. The molecular formula is C76H83La2N8O38Zn4+. The monoisotopic (exact) mass is 2250 g/mol. The van der Waals surface area contributed by atoms with Crippen molar-refractivity contribution in [2.45, 2.75) is 55.4 Å². The number of benzene rings is 6. The molecule has 0 saturated heterocycles. The van der Waals surface area contributed by atoms with Gasteiger partial charge in [0.1, 0.15) is 37.9 Å². The Bertz CT molecular complexity index is 3860. The summed E-state index contributed by atoms with van der Waals surface area (Å²) < 4.78 is 22.3. The SMILES string of the molecule is CC(=O)[O-].CC(=O)[O-].CC(=O)[O-].CC(=O)[O-].CC(=O)[O-].CC(=O)[O-].CC(=O)[O-].CC(=O)[O-].O.[La+3].[La+3].[O-]c1c2cccc1OC/C=C/COc1cccc(c1O)/C=N/OCCO/N=C/c1ccc(c([O-])c1[O-])/C=N/OCCO/N=C/2.[O-]c1c2cccc1OC/C=C/COc1cccc(c1O)/C=N/OCCO/N=C/c1ccc(c([O-])c1[O-])/C=N/OCCO/N=C/2.[OH3+].[Zn+2].[Zn+2].[Zn+2].[Zn+2]. The van der Waals surface area contributed by atoms with E-state index in [0.29, 0.717) is 11.1 Å². The van der Waals surface area contributed by atoms with Crippen LogP contribution < -0.4 is 90.4 Å². The smallest absolute Gasteiger partial charge is 0.872 e. The Morgan fingerprint density at radius 2 is 0.398 bits per heavy atom. The van der Waals surface area contributed by atoms with E-state index in [4.69, 9.17) is 137 Å². The number of fused-ring (bicyclic) bond motifs is 32. The van der Waals surface area contributed by atoms with Gasteiger partial charge in [0.2, 0.25) is 0 Å². The minimum Gasteiger partial charge on any atom is -0.872 e. The molecule has 0 atom stereocenters. The third-order valence-corrected chi connectivity index (χ3v) is 11.3. The van der Waals surface area contributed by atoms with Crippen molar-refractivity contribution in [3.8, 4) is 69.0 Å². The third-order valence-electron chi connectivity index (χ3n) is 11.3. The number of ether oxygens (including phenoxy) is 4. The van der Waals surface area contributed by atoms with Crippen LogP contribution in [0.15, 0.2) is 163 Å². The van der Waals surface area contributed by atoms with Crippen LogP contribution in [0, 0.1) is 71.2 Å². The molecule has 46 nitrogen and oxygen atoms in total. The number of aliphatic carboxylic acids is 8. The van der Waals surface area contributed by atoms with Gasteiger partial charge in [-0.15, -0.1) is 23.0 Å². The maximum Gasteiger partial charge on any atom is 3.00 e. The number of hydrogen-bond donors (Lipinski definition) is 2. The van der Waals surface area contributed by atoms with E-state index in [9.17, 15) is 40.9 Å². The van der Waals surface area contributed by atoms with Crippen LogP contribution in [-0.4, -0.2) is 192 Å². The summed E-state index contributed by atoms with van der Waals surface area (Å²) in [6.07, 6.45) is 16.2. The Labute approximate surface area is 838 Å². The summed E-state index contributed by atoms with van der Waals surface area (Å²) in [6.45, 7) is 8.22. The van der Waals surface area contributed by atoms with Crippen molar-refractivity contribution in [1.29, 1.82) is 0 Å². The summed E-state index contributed by atoms with van der Waals surface area (Å²) in [4.78, 5) is 112. The number of carbonyl (C=O) groups is 8. The number of carboxylic acid groups (broad SMARTS) is 8. The molecule has 4 heterocycles. The first-order valence-corrected chi connectivity index (χ1v) is 33.7. The molecule has 0 aromatic heterocycles. The van der Waals surface area contributed by atoms with Crippen LogP contribution in [0.2, 0.25) is 0 Å². The van der Waals surface area contributed by atoms with Gasteiger partial charge in [-0.3, -0.25) is 0 Å². The van der Waals surface area contributed by atoms with Gasteiger partial charge in [0, 0.05) is 58.9 Å². The molecule has 0 saturated carbocycles. The Kier molecular flexibility index (Phi) is 92.7. The van der Waals surface area contributed by atoms with Gasteiger partial charge in [-0.1, -0.05) is 113 Å². The average Bonchev–Trinajstić information content (AvgIpc) is 0.842. The number of aromatic hydroxyl groups is 2. The number of phenols is 2. The molecule has 0 spiro atoms. The summed E-state index contributed by atoms with van der Waals surface area (Å²) in [7, 11) is 0. The van der Waals surface area contributed by atoms with Crippen molar-refractivity contribution >= 4 is 97.5 Å². The molecule has 10 rings (SSSR count). The van der Waals surface area contributed by atoms with Gasteiger partial charge in [0.25, 0.3) is 0 Å². The minimum atomic E-state index is -1.08. The number of nitrogens with zero attached hydrogens (tertiary/aromatic N) is 8. The van der Waals surface area contributed by atoms with Crippen LogP contribution in [0.5, 0.6) is 69.0 Å². The van der Waals surface area contributed by atoms with Gasteiger partial charge < -0.3 is 189 Å². The van der Waals surface area contributed by atoms with Crippen molar-refractivity contribution in [3.05, 3.63) is 166 Å². The van der Waals surface area contributed by atoms with Crippen LogP contribution in [0.3, 0.4) is 0 Å². The van der Waals surface area contributed by atoms with Crippen molar-refractivity contribution < 1.29 is 338 Å². The van der Waals surface area contributed by atoms with E-state index in [0.717, 1.165) is 80.2 Å². The molecule has 4 aliphatic rings. The molecule has 0 aliphatic carbocycles. The van der Waals surface area contributed by atoms with Gasteiger partial charge >= 0.3 is 149 Å². The van der Waals surface area contributed by atoms with Gasteiger partial charge in [-0.25, -0.2) is 0 Å². The van der Waals surface area contributed by atoms with Crippen molar-refractivity contribution in [2.24, 2.45) is 41.2 Å². The van der Waals surface area contributed by atoms with E-state index < -0.39 is 70.8 Å². The summed E-state index contributed by atoms with van der Waals surface area (Å²) >= 11 is 0. The van der Waals surface area contributed by atoms with Crippen molar-refractivity contribution in [3.63, 3.8) is 0 Å². The number of carbonyl (C=O) groups excluding carboxylic acids is 8. The summed E-state index contributed by atoms with van der Waals surface area (Å²) in [5.74, 6) is -12.1. The number of oxime groups is 8. The molecule has 0 amide bonds. The van der Waals surface area contributed by atoms with Crippen LogP contribution in [-0.2, 0) is 160 Å².